The van der Waals surface area contributed by atoms with Crippen molar-refractivity contribution in [2.45, 2.75) is 12.8 Å². The van der Waals surface area contributed by atoms with Crippen LogP contribution in [0.2, 0.25) is 0 Å². The number of rotatable bonds is 7. The summed E-state index contributed by atoms with van der Waals surface area (Å²) in [5.74, 6) is 1.82. The molecule has 1 saturated heterocycles. The molecule has 142 valence electrons. The van der Waals surface area contributed by atoms with Crippen LogP contribution in [0.5, 0.6) is 5.75 Å². The van der Waals surface area contributed by atoms with E-state index in [9.17, 15) is 0 Å². The predicted molar refractivity (Wildman–Crippen MR) is 110 cm³/mol. The number of fused-ring (bicyclic) bond motifs is 1. The molecule has 0 spiro atoms. The molecule has 5 heteroatoms. The van der Waals surface area contributed by atoms with Crippen LogP contribution in [0.3, 0.4) is 0 Å². The lowest BCUT2D eigenvalue weighted by atomic mass is 10.2. The first-order valence-electron chi connectivity index (χ1n) is 9.87. The van der Waals surface area contributed by atoms with Crippen LogP contribution < -0.4 is 4.74 Å². The highest BCUT2D eigenvalue weighted by Gasteiger charge is 2.12. The summed E-state index contributed by atoms with van der Waals surface area (Å²) in [6.07, 6.45) is 2.29. The van der Waals surface area contributed by atoms with Gasteiger partial charge in [-0.15, -0.1) is 0 Å². The first kappa shape index (κ1) is 18.0. The van der Waals surface area contributed by atoms with Crippen LogP contribution in [0.1, 0.15) is 12.8 Å². The van der Waals surface area contributed by atoms with Crippen LogP contribution in [-0.4, -0.2) is 66.1 Å². The molecule has 0 bridgehead atoms. The SMILES string of the molecule is CN1CCN(CCCCOc2ccc(-c3nc4ccccc4[nH]3)cc2)CC1. The molecular weight excluding hydrogens is 336 g/mol. The van der Waals surface area contributed by atoms with Gasteiger partial charge in [-0.05, 0) is 62.8 Å². The maximum Gasteiger partial charge on any atom is 0.138 e. The van der Waals surface area contributed by atoms with Gasteiger partial charge in [-0.25, -0.2) is 4.98 Å². The third kappa shape index (κ3) is 4.67. The van der Waals surface area contributed by atoms with Gasteiger partial charge in [0.15, 0.2) is 0 Å². The summed E-state index contributed by atoms with van der Waals surface area (Å²) < 4.78 is 5.90. The molecule has 0 aliphatic carbocycles. The molecule has 5 nitrogen and oxygen atoms in total. The van der Waals surface area contributed by atoms with Crippen molar-refractivity contribution in [2.75, 3.05) is 46.4 Å². The third-order valence-electron chi connectivity index (χ3n) is 5.25. The molecule has 0 unspecified atom stereocenters. The van der Waals surface area contributed by atoms with Crippen LogP contribution in [0.4, 0.5) is 0 Å². The minimum atomic E-state index is 0.776. The molecule has 4 rings (SSSR count). The lowest BCUT2D eigenvalue weighted by molar-refractivity contribution is 0.150. The molecule has 1 aromatic heterocycles. The van der Waals surface area contributed by atoms with E-state index in [1.807, 2.05) is 36.4 Å². The van der Waals surface area contributed by atoms with Gasteiger partial charge in [-0.2, -0.15) is 0 Å². The molecule has 0 saturated carbocycles. The fraction of sp³-hybridized carbons (Fsp3) is 0.409. The van der Waals surface area contributed by atoms with Crippen molar-refractivity contribution in [1.82, 2.24) is 19.8 Å². The molecule has 1 aliphatic rings. The van der Waals surface area contributed by atoms with Crippen LogP contribution in [0.15, 0.2) is 48.5 Å². The molecule has 2 aromatic carbocycles. The second kappa shape index (κ2) is 8.55. The summed E-state index contributed by atoms with van der Waals surface area (Å²) in [6, 6.07) is 16.3. The molecule has 27 heavy (non-hydrogen) atoms. The number of ether oxygens (including phenoxy) is 1. The van der Waals surface area contributed by atoms with Crippen molar-refractivity contribution in [3.8, 4) is 17.1 Å². The van der Waals surface area contributed by atoms with E-state index >= 15 is 0 Å². The van der Waals surface area contributed by atoms with E-state index in [0.717, 1.165) is 41.2 Å². The summed E-state index contributed by atoms with van der Waals surface area (Å²) in [6.45, 7) is 6.73. The van der Waals surface area contributed by atoms with Crippen LogP contribution in [0.25, 0.3) is 22.4 Å². The van der Waals surface area contributed by atoms with Gasteiger partial charge in [0.1, 0.15) is 11.6 Å². The second-order valence-electron chi connectivity index (χ2n) is 7.33. The highest BCUT2D eigenvalue weighted by Crippen LogP contribution is 2.22. The normalized spacial score (nSPS) is 16.0. The summed E-state index contributed by atoms with van der Waals surface area (Å²) in [5.41, 5.74) is 3.13. The zero-order valence-corrected chi connectivity index (χ0v) is 16.0. The van der Waals surface area contributed by atoms with Gasteiger partial charge in [-0.3, -0.25) is 0 Å². The van der Waals surface area contributed by atoms with E-state index in [2.05, 4.69) is 38.9 Å². The summed E-state index contributed by atoms with van der Waals surface area (Å²) in [7, 11) is 2.20. The smallest absolute Gasteiger partial charge is 0.138 e. The van der Waals surface area contributed by atoms with Gasteiger partial charge in [0.25, 0.3) is 0 Å². The third-order valence-corrected chi connectivity index (χ3v) is 5.25. The number of unbranched alkanes of at least 4 members (excludes halogenated alkanes) is 1. The van der Waals surface area contributed by atoms with Crippen molar-refractivity contribution < 1.29 is 4.74 Å². The van der Waals surface area contributed by atoms with E-state index in [-0.39, 0.29) is 0 Å². The number of nitrogens with zero attached hydrogens (tertiary/aromatic N) is 3. The lowest BCUT2D eigenvalue weighted by Crippen LogP contribution is -2.44. The minimum absolute atomic E-state index is 0.776. The number of aromatic amines is 1. The molecule has 1 fully saturated rings. The average molecular weight is 364 g/mol. The molecule has 1 aliphatic heterocycles. The Bertz CT molecular complexity index is 817. The topological polar surface area (TPSA) is 44.4 Å². The van der Waals surface area contributed by atoms with Gasteiger partial charge in [0.2, 0.25) is 0 Å². The Hall–Kier alpha value is -2.37. The molecule has 0 atom stereocenters. The lowest BCUT2D eigenvalue weighted by Gasteiger charge is -2.32. The molecule has 0 amide bonds. The number of likely N-dealkylation sites (N-methyl/N-ethyl adjacent to an activating group) is 1. The number of nitrogens with one attached hydrogen (secondary N) is 1. The number of para-hydroxylation sites is 2. The Balaban J connectivity index is 1.22. The minimum Gasteiger partial charge on any atom is -0.494 e. The van der Waals surface area contributed by atoms with Crippen molar-refractivity contribution in [3.05, 3.63) is 48.5 Å². The van der Waals surface area contributed by atoms with Gasteiger partial charge < -0.3 is 19.5 Å². The zero-order valence-electron chi connectivity index (χ0n) is 16.0. The Morgan fingerprint density at radius 3 is 2.52 bits per heavy atom. The van der Waals surface area contributed by atoms with Gasteiger partial charge in [0.05, 0.1) is 17.6 Å². The number of benzene rings is 2. The Kier molecular flexibility index (Phi) is 5.70. The number of hydrogen-bond donors (Lipinski definition) is 1. The standard InChI is InChI=1S/C22H28N4O/c1-25-13-15-26(16-14-25)12-4-5-17-27-19-10-8-18(9-11-19)22-23-20-6-2-3-7-21(20)24-22/h2-3,6-11H,4-5,12-17H2,1H3,(H,23,24). The van der Waals surface area contributed by atoms with E-state index < -0.39 is 0 Å². The van der Waals surface area contributed by atoms with Crippen LogP contribution in [0, 0.1) is 0 Å². The Morgan fingerprint density at radius 2 is 1.74 bits per heavy atom. The summed E-state index contributed by atoms with van der Waals surface area (Å²) in [5, 5.41) is 0. The number of H-pyrrole nitrogens is 1. The maximum absolute atomic E-state index is 5.90. The van der Waals surface area contributed by atoms with E-state index in [1.165, 1.54) is 39.1 Å². The number of hydrogen-bond acceptors (Lipinski definition) is 4. The Morgan fingerprint density at radius 1 is 0.963 bits per heavy atom. The van der Waals surface area contributed by atoms with Crippen LogP contribution in [-0.2, 0) is 0 Å². The quantitative estimate of drug-likeness (QED) is 0.650. The maximum atomic E-state index is 5.90. The van der Waals surface area contributed by atoms with Crippen LogP contribution >= 0.6 is 0 Å². The van der Waals surface area contributed by atoms with Crippen molar-refractivity contribution >= 4 is 11.0 Å². The number of piperazine rings is 1. The Labute approximate surface area is 161 Å². The summed E-state index contributed by atoms with van der Waals surface area (Å²) >= 11 is 0. The fourth-order valence-corrected chi connectivity index (χ4v) is 3.50. The average Bonchev–Trinajstić information content (AvgIpc) is 3.14. The van der Waals surface area contributed by atoms with Gasteiger partial charge >= 0.3 is 0 Å². The largest absolute Gasteiger partial charge is 0.494 e. The van der Waals surface area contributed by atoms with E-state index in [1.54, 1.807) is 0 Å². The molecule has 0 radical (unpaired) electrons. The highest BCUT2D eigenvalue weighted by atomic mass is 16.5. The van der Waals surface area contributed by atoms with Gasteiger partial charge in [-0.1, -0.05) is 12.1 Å². The summed E-state index contributed by atoms with van der Waals surface area (Å²) in [4.78, 5) is 13.0. The number of imidazole rings is 1. The first-order valence-corrected chi connectivity index (χ1v) is 9.87. The second-order valence-corrected chi connectivity index (χ2v) is 7.33. The van der Waals surface area contributed by atoms with Crippen molar-refractivity contribution in [2.24, 2.45) is 0 Å². The molecule has 3 aromatic rings. The number of aromatic nitrogens is 2. The predicted octanol–water partition coefficient (Wildman–Crippen LogP) is 3.64. The zero-order chi connectivity index (χ0) is 18.5. The molecule has 2 heterocycles. The highest BCUT2D eigenvalue weighted by molar-refractivity contribution is 5.79. The molecule has 1 N–H and O–H groups in total. The fourth-order valence-electron chi connectivity index (χ4n) is 3.50. The van der Waals surface area contributed by atoms with Crippen molar-refractivity contribution in [3.63, 3.8) is 0 Å². The van der Waals surface area contributed by atoms with E-state index in [0.29, 0.717) is 0 Å². The van der Waals surface area contributed by atoms with Gasteiger partial charge in [0, 0.05) is 31.7 Å². The first-order chi connectivity index (χ1) is 13.3. The molecular formula is C22H28N4O. The monoisotopic (exact) mass is 364 g/mol. The van der Waals surface area contributed by atoms with E-state index in [4.69, 9.17) is 4.74 Å². The van der Waals surface area contributed by atoms with Crippen molar-refractivity contribution in [1.29, 1.82) is 0 Å².